The molecule has 0 fully saturated rings. The summed E-state index contributed by atoms with van der Waals surface area (Å²) in [6.45, 7) is 5.26. The molecule has 4 nitrogen and oxygen atoms in total. The van der Waals surface area contributed by atoms with E-state index in [0.717, 1.165) is 18.4 Å². The lowest BCUT2D eigenvalue weighted by Gasteiger charge is -2.10. The second-order valence-electron chi connectivity index (χ2n) is 4.73. The van der Waals surface area contributed by atoms with Crippen molar-refractivity contribution in [2.45, 2.75) is 26.9 Å². The van der Waals surface area contributed by atoms with Gasteiger partial charge in [0.15, 0.2) is 0 Å². The lowest BCUT2D eigenvalue weighted by atomic mass is 10.2. The van der Waals surface area contributed by atoms with E-state index >= 15 is 0 Å². The lowest BCUT2D eigenvalue weighted by Crippen LogP contribution is -2.13. The third kappa shape index (κ3) is 3.49. The zero-order valence-electron chi connectivity index (χ0n) is 10.9. The maximum Gasteiger partial charge on any atom is 0.149 e. The van der Waals surface area contributed by atoms with E-state index in [1.165, 1.54) is 18.5 Å². The number of aromatic nitrogens is 3. The van der Waals surface area contributed by atoms with Gasteiger partial charge in [-0.2, -0.15) is 5.10 Å². The van der Waals surface area contributed by atoms with Crippen LogP contribution in [0.3, 0.4) is 0 Å². The van der Waals surface area contributed by atoms with Crippen LogP contribution in [0.4, 0.5) is 14.5 Å². The Bertz CT molecular complexity index is 551. The minimum atomic E-state index is -0.616. The lowest BCUT2D eigenvalue weighted by molar-refractivity contribution is 0.468. The van der Waals surface area contributed by atoms with Crippen LogP contribution in [0.15, 0.2) is 24.5 Å². The molecule has 2 rings (SSSR count). The molecular weight excluding hydrogens is 250 g/mol. The van der Waals surface area contributed by atoms with Crippen molar-refractivity contribution in [1.82, 2.24) is 14.8 Å². The summed E-state index contributed by atoms with van der Waals surface area (Å²) >= 11 is 0. The molecule has 0 bridgehead atoms. The van der Waals surface area contributed by atoms with E-state index in [1.807, 2.05) is 0 Å². The van der Waals surface area contributed by atoms with Gasteiger partial charge < -0.3 is 5.32 Å². The molecule has 0 atom stereocenters. The van der Waals surface area contributed by atoms with Crippen LogP contribution in [0.25, 0.3) is 0 Å². The van der Waals surface area contributed by atoms with Crippen LogP contribution in [0, 0.1) is 17.6 Å². The first-order chi connectivity index (χ1) is 9.06. The first kappa shape index (κ1) is 13.5. The van der Waals surface area contributed by atoms with Gasteiger partial charge in [-0.1, -0.05) is 13.8 Å². The molecule has 102 valence electrons. The molecule has 0 amide bonds. The number of nitrogens with one attached hydrogen (secondary N) is 1. The second kappa shape index (κ2) is 5.77. The van der Waals surface area contributed by atoms with Gasteiger partial charge in [-0.15, -0.1) is 0 Å². The Balaban J connectivity index is 2.04. The maximum atomic E-state index is 13.4. The Kier molecular flexibility index (Phi) is 4.09. The van der Waals surface area contributed by atoms with E-state index in [-0.39, 0.29) is 5.69 Å². The monoisotopic (exact) mass is 266 g/mol. The smallest absolute Gasteiger partial charge is 0.149 e. The van der Waals surface area contributed by atoms with Crippen LogP contribution in [-0.4, -0.2) is 14.8 Å². The van der Waals surface area contributed by atoms with Crippen molar-refractivity contribution in [2.24, 2.45) is 5.92 Å². The topological polar surface area (TPSA) is 42.7 Å². The third-order valence-electron chi connectivity index (χ3n) is 2.60. The first-order valence-corrected chi connectivity index (χ1v) is 6.12. The SMILES string of the molecule is CC(C)Cn1ncnc1CNc1ccc(F)cc1F. The van der Waals surface area contributed by atoms with E-state index in [2.05, 4.69) is 29.2 Å². The van der Waals surface area contributed by atoms with Crippen molar-refractivity contribution in [3.8, 4) is 0 Å². The molecule has 0 unspecified atom stereocenters. The average Bonchev–Trinajstić information content (AvgIpc) is 2.74. The summed E-state index contributed by atoms with van der Waals surface area (Å²) in [5.41, 5.74) is 0.250. The van der Waals surface area contributed by atoms with Gasteiger partial charge in [-0.25, -0.2) is 18.4 Å². The molecule has 0 radical (unpaired) electrons. The molecule has 0 aliphatic rings. The van der Waals surface area contributed by atoms with Gasteiger partial charge in [-0.05, 0) is 18.1 Å². The predicted octanol–water partition coefficient (Wildman–Crippen LogP) is 2.82. The fourth-order valence-corrected chi connectivity index (χ4v) is 1.73. The number of benzene rings is 1. The highest BCUT2D eigenvalue weighted by Gasteiger charge is 2.08. The van der Waals surface area contributed by atoms with Crippen molar-refractivity contribution in [2.75, 3.05) is 5.32 Å². The van der Waals surface area contributed by atoms with E-state index < -0.39 is 11.6 Å². The molecule has 6 heteroatoms. The number of hydrogen-bond acceptors (Lipinski definition) is 3. The standard InChI is InChI=1S/C13H16F2N4/c1-9(2)7-19-13(17-8-18-19)6-16-12-4-3-10(14)5-11(12)15/h3-5,8-9,16H,6-7H2,1-2H3. The normalized spacial score (nSPS) is 11.0. The molecule has 0 aliphatic heterocycles. The second-order valence-corrected chi connectivity index (χ2v) is 4.73. The highest BCUT2D eigenvalue weighted by molar-refractivity contribution is 5.44. The summed E-state index contributed by atoms with van der Waals surface area (Å²) in [4.78, 5) is 4.12. The first-order valence-electron chi connectivity index (χ1n) is 6.12. The maximum absolute atomic E-state index is 13.4. The zero-order chi connectivity index (χ0) is 13.8. The van der Waals surface area contributed by atoms with Crippen molar-refractivity contribution in [3.63, 3.8) is 0 Å². The van der Waals surface area contributed by atoms with Gasteiger partial charge >= 0.3 is 0 Å². The Morgan fingerprint density at radius 1 is 1.32 bits per heavy atom. The fraction of sp³-hybridized carbons (Fsp3) is 0.385. The molecule has 0 saturated heterocycles. The molecule has 19 heavy (non-hydrogen) atoms. The highest BCUT2D eigenvalue weighted by Crippen LogP contribution is 2.15. The molecule has 1 aromatic carbocycles. The largest absolute Gasteiger partial charge is 0.375 e. The highest BCUT2D eigenvalue weighted by atomic mass is 19.1. The van der Waals surface area contributed by atoms with E-state index in [9.17, 15) is 8.78 Å². The predicted molar refractivity (Wildman–Crippen MR) is 68.5 cm³/mol. The number of halogens is 2. The molecule has 0 saturated carbocycles. The average molecular weight is 266 g/mol. The van der Waals surface area contributed by atoms with Crippen molar-refractivity contribution >= 4 is 5.69 Å². The minimum Gasteiger partial charge on any atom is -0.375 e. The third-order valence-corrected chi connectivity index (χ3v) is 2.60. The number of anilines is 1. The van der Waals surface area contributed by atoms with E-state index in [1.54, 1.807) is 4.68 Å². The summed E-state index contributed by atoms with van der Waals surface area (Å²) in [5.74, 6) is -0.0404. The van der Waals surface area contributed by atoms with Crippen LogP contribution in [0.1, 0.15) is 19.7 Å². The summed E-state index contributed by atoms with van der Waals surface area (Å²) in [6.07, 6.45) is 1.47. The Labute approximate surface area is 110 Å². The molecule has 0 spiro atoms. The van der Waals surface area contributed by atoms with Crippen molar-refractivity contribution < 1.29 is 8.78 Å². The van der Waals surface area contributed by atoms with Gasteiger partial charge in [0.1, 0.15) is 23.8 Å². The Morgan fingerprint density at radius 2 is 2.11 bits per heavy atom. The fourth-order valence-electron chi connectivity index (χ4n) is 1.73. The van der Waals surface area contributed by atoms with E-state index in [4.69, 9.17) is 0 Å². The van der Waals surface area contributed by atoms with Gasteiger partial charge in [0.2, 0.25) is 0 Å². The number of hydrogen-bond donors (Lipinski definition) is 1. The van der Waals surface area contributed by atoms with Crippen LogP contribution < -0.4 is 5.32 Å². The van der Waals surface area contributed by atoms with Crippen LogP contribution in [0.2, 0.25) is 0 Å². The zero-order valence-corrected chi connectivity index (χ0v) is 10.9. The Morgan fingerprint density at radius 3 is 2.79 bits per heavy atom. The molecule has 0 aliphatic carbocycles. The van der Waals surface area contributed by atoms with Gasteiger partial charge in [0.25, 0.3) is 0 Å². The quantitative estimate of drug-likeness (QED) is 0.905. The van der Waals surface area contributed by atoms with Gasteiger partial charge in [-0.3, -0.25) is 0 Å². The van der Waals surface area contributed by atoms with Crippen LogP contribution in [0.5, 0.6) is 0 Å². The summed E-state index contributed by atoms with van der Waals surface area (Å²) in [7, 11) is 0. The van der Waals surface area contributed by atoms with Gasteiger partial charge in [0.05, 0.1) is 12.2 Å². The minimum absolute atomic E-state index is 0.250. The molecule has 1 aromatic heterocycles. The Hall–Kier alpha value is -1.98. The van der Waals surface area contributed by atoms with Crippen LogP contribution in [-0.2, 0) is 13.1 Å². The summed E-state index contributed by atoms with van der Waals surface area (Å²) in [6, 6.07) is 3.43. The van der Waals surface area contributed by atoms with Crippen molar-refractivity contribution in [3.05, 3.63) is 42.0 Å². The summed E-state index contributed by atoms with van der Waals surface area (Å²) < 4.78 is 28.0. The molecule has 1 heterocycles. The number of rotatable bonds is 5. The number of nitrogens with zero attached hydrogens (tertiary/aromatic N) is 3. The molecular formula is C13H16F2N4. The van der Waals surface area contributed by atoms with Crippen LogP contribution >= 0.6 is 0 Å². The summed E-state index contributed by atoms with van der Waals surface area (Å²) in [5, 5.41) is 7.01. The molecule has 2 aromatic rings. The van der Waals surface area contributed by atoms with Crippen molar-refractivity contribution in [1.29, 1.82) is 0 Å². The van der Waals surface area contributed by atoms with E-state index in [0.29, 0.717) is 12.5 Å². The molecule has 1 N–H and O–H groups in total. The van der Waals surface area contributed by atoms with Gasteiger partial charge in [0, 0.05) is 12.6 Å².